The lowest BCUT2D eigenvalue weighted by molar-refractivity contribution is 0.0729. The van der Waals surface area contributed by atoms with Gasteiger partial charge >= 0.3 is 5.97 Å². The molecule has 0 fully saturated rings. The molecule has 0 aliphatic rings. The summed E-state index contributed by atoms with van der Waals surface area (Å²) in [4.78, 5) is 12.4. The average Bonchev–Trinajstić information content (AvgIpc) is 2.73. The highest BCUT2D eigenvalue weighted by Gasteiger charge is 2.13. The summed E-state index contributed by atoms with van der Waals surface area (Å²) in [5, 5.41) is 9.47. The van der Waals surface area contributed by atoms with E-state index in [9.17, 15) is 10.1 Å². The molecule has 0 amide bonds. The Hall–Kier alpha value is -3.36. The minimum Gasteiger partial charge on any atom is -0.493 e. The first-order valence-electron chi connectivity index (χ1n) is 8.43. The molecule has 3 rings (SSSR count). The SMILES string of the molecule is COc1cc(/C=C(/C#N)c2ccccc2)ccc1OC(=O)c1cccc(Br)c1. The fourth-order valence-corrected chi connectivity index (χ4v) is 3.00. The number of ether oxygens (including phenoxy) is 2. The van der Waals surface area contributed by atoms with Gasteiger partial charge in [0, 0.05) is 4.47 Å². The number of methoxy groups -OCH3 is 1. The van der Waals surface area contributed by atoms with Gasteiger partial charge in [-0.15, -0.1) is 0 Å². The van der Waals surface area contributed by atoms with Gasteiger partial charge in [0.1, 0.15) is 0 Å². The third-order valence-corrected chi connectivity index (χ3v) is 4.46. The lowest BCUT2D eigenvalue weighted by atomic mass is 10.0. The van der Waals surface area contributed by atoms with Crippen molar-refractivity contribution in [2.24, 2.45) is 0 Å². The standard InChI is InChI=1S/C23H16BrNO3/c1-27-22-13-16(12-19(15-25)17-6-3-2-4-7-17)10-11-21(22)28-23(26)18-8-5-9-20(24)14-18/h2-14H,1H3/b19-12-. The van der Waals surface area contributed by atoms with Crippen molar-refractivity contribution in [1.29, 1.82) is 5.26 Å². The second-order valence-corrected chi connectivity index (χ2v) is 6.76. The van der Waals surface area contributed by atoms with Crippen LogP contribution in [-0.4, -0.2) is 13.1 Å². The van der Waals surface area contributed by atoms with Crippen LogP contribution in [0.4, 0.5) is 0 Å². The van der Waals surface area contributed by atoms with Gasteiger partial charge in [-0.25, -0.2) is 4.79 Å². The van der Waals surface area contributed by atoms with Crippen LogP contribution in [0.25, 0.3) is 11.6 Å². The maximum Gasteiger partial charge on any atom is 0.343 e. The number of carbonyl (C=O) groups excluding carboxylic acids is 1. The van der Waals surface area contributed by atoms with Gasteiger partial charge in [0.15, 0.2) is 11.5 Å². The van der Waals surface area contributed by atoms with E-state index < -0.39 is 5.97 Å². The summed E-state index contributed by atoms with van der Waals surface area (Å²) in [6.45, 7) is 0. The van der Waals surface area contributed by atoms with Crippen molar-refractivity contribution in [3.05, 3.63) is 94.0 Å². The molecule has 0 atom stereocenters. The first-order chi connectivity index (χ1) is 13.6. The fraction of sp³-hybridized carbons (Fsp3) is 0.0435. The summed E-state index contributed by atoms with van der Waals surface area (Å²) >= 11 is 3.34. The summed E-state index contributed by atoms with van der Waals surface area (Å²) in [7, 11) is 1.50. The number of allylic oxidation sites excluding steroid dienone is 1. The maximum atomic E-state index is 12.4. The third kappa shape index (κ3) is 4.67. The molecule has 0 bridgehead atoms. The predicted octanol–water partition coefficient (Wildman–Crippen LogP) is 5.74. The Kier molecular flexibility index (Phi) is 6.25. The van der Waals surface area contributed by atoms with Crippen LogP contribution >= 0.6 is 15.9 Å². The first kappa shape index (κ1) is 19.4. The van der Waals surface area contributed by atoms with Gasteiger partial charge in [-0.1, -0.05) is 58.4 Å². The largest absolute Gasteiger partial charge is 0.493 e. The summed E-state index contributed by atoms with van der Waals surface area (Å²) in [6, 6.07) is 23.7. The van der Waals surface area contributed by atoms with Crippen LogP contribution in [0.3, 0.4) is 0 Å². The second-order valence-electron chi connectivity index (χ2n) is 5.85. The van der Waals surface area contributed by atoms with Crippen molar-refractivity contribution in [1.82, 2.24) is 0 Å². The molecule has 4 nitrogen and oxygen atoms in total. The summed E-state index contributed by atoms with van der Waals surface area (Å²) in [5.74, 6) is 0.232. The zero-order valence-electron chi connectivity index (χ0n) is 15.1. The van der Waals surface area contributed by atoms with Crippen LogP contribution in [0.15, 0.2) is 77.3 Å². The third-order valence-electron chi connectivity index (χ3n) is 3.97. The monoisotopic (exact) mass is 433 g/mol. The van der Waals surface area contributed by atoms with Crippen LogP contribution in [0.5, 0.6) is 11.5 Å². The van der Waals surface area contributed by atoms with Gasteiger partial charge in [-0.3, -0.25) is 0 Å². The Morgan fingerprint density at radius 1 is 0.964 bits per heavy atom. The van der Waals surface area contributed by atoms with E-state index in [-0.39, 0.29) is 0 Å². The van der Waals surface area contributed by atoms with Crippen LogP contribution in [-0.2, 0) is 0 Å². The molecular weight excluding hydrogens is 418 g/mol. The number of carbonyl (C=O) groups is 1. The van der Waals surface area contributed by atoms with E-state index in [0.29, 0.717) is 22.6 Å². The van der Waals surface area contributed by atoms with E-state index in [1.165, 1.54) is 7.11 Å². The lowest BCUT2D eigenvalue weighted by Gasteiger charge is -2.10. The predicted molar refractivity (Wildman–Crippen MR) is 112 cm³/mol. The fourth-order valence-electron chi connectivity index (χ4n) is 2.60. The molecule has 3 aromatic carbocycles. The number of esters is 1. The molecule has 0 saturated heterocycles. The molecule has 0 spiro atoms. The molecule has 0 unspecified atom stereocenters. The summed E-state index contributed by atoms with van der Waals surface area (Å²) in [5.41, 5.74) is 2.55. The topological polar surface area (TPSA) is 59.3 Å². The molecule has 0 radical (unpaired) electrons. The number of hydrogen-bond acceptors (Lipinski definition) is 4. The van der Waals surface area contributed by atoms with Crippen LogP contribution in [0.1, 0.15) is 21.5 Å². The highest BCUT2D eigenvalue weighted by molar-refractivity contribution is 9.10. The number of rotatable bonds is 5. The number of hydrogen-bond donors (Lipinski definition) is 0. The van der Waals surface area contributed by atoms with Crippen LogP contribution in [0.2, 0.25) is 0 Å². The Balaban J connectivity index is 1.87. The summed E-state index contributed by atoms with van der Waals surface area (Å²) < 4.78 is 11.6. The molecule has 0 aliphatic heterocycles. The van der Waals surface area contributed by atoms with E-state index in [2.05, 4.69) is 22.0 Å². The van der Waals surface area contributed by atoms with Crippen LogP contribution in [0, 0.1) is 11.3 Å². The van der Waals surface area contributed by atoms with Crippen molar-refractivity contribution in [3.63, 3.8) is 0 Å². The second kappa shape index (κ2) is 9.03. The van der Waals surface area contributed by atoms with Crippen molar-refractivity contribution in [2.45, 2.75) is 0 Å². The van der Waals surface area contributed by atoms with Gasteiger partial charge < -0.3 is 9.47 Å². The molecule has 138 valence electrons. The van der Waals surface area contributed by atoms with Gasteiger partial charge in [0.25, 0.3) is 0 Å². The number of nitrogens with zero attached hydrogens (tertiary/aromatic N) is 1. The quantitative estimate of drug-likeness (QED) is 0.222. The molecule has 28 heavy (non-hydrogen) atoms. The minimum absolute atomic E-state index is 0.308. The maximum absolute atomic E-state index is 12.4. The molecule has 0 saturated carbocycles. The number of nitriles is 1. The molecule has 0 aromatic heterocycles. The van der Waals surface area contributed by atoms with Gasteiger partial charge in [0.2, 0.25) is 0 Å². The molecule has 5 heteroatoms. The molecule has 0 heterocycles. The van der Waals surface area contributed by atoms with E-state index in [1.54, 1.807) is 42.5 Å². The van der Waals surface area contributed by atoms with E-state index in [1.807, 2.05) is 36.4 Å². The van der Waals surface area contributed by atoms with Crippen molar-refractivity contribution >= 4 is 33.5 Å². The molecule has 0 aliphatic carbocycles. The van der Waals surface area contributed by atoms with Gasteiger partial charge in [-0.05, 0) is 47.5 Å². The Morgan fingerprint density at radius 3 is 2.39 bits per heavy atom. The summed E-state index contributed by atoms with van der Waals surface area (Å²) in [6.07, 6.45) is 1.76. The highest BCUT2D eigenvalue weighted by atomic mass is 79.9. The number of benzene rings is 3. The van der Waals surface area contributed by atoms with Gasteiger partial charge in [-0.2, -0.15) is 5.26 Å². The zero-order valence-corrected chi connectivity index (χ0v) is 16.6. The van der Waals surface area contributed by atoms with E-state index in [0.717, 1.165) is 15.6 Å². The smallest absolute Gasteiger partial charge is 0.343 e. The lowest BCUT2D eigenvalue weighted by Crippen LogP contribution is -2.09. The van der Waals surface area contributed by atoms with E-state index >= 15 is 0 Å². The molecule has 3 aromatic rings. The zero-order chi connectivity index (χ0) is 19.9. The van der Waals surface area contributed by atoms with Gasteiger partial charge in [0.05, 0.1) is 24.3 Å². The van der Waals surface area contributed by atoms with E-state index in [4.69, 9.17) is 9.47 Å². The Labute approximate surface area is 171 Å². The normalized spacial score (nSPS) is 10.8. The Morgan fingerprint density at radius 2 is 1.71 bits per heavy atom. The van der Waals surface area contributed by atoms with Crippen molar-refractivity contribution in [3.8, 4) is 17.6 Å². The van der Waals surface area contributed by atoms with Crippen molar-refractivity contribution < 1.29 is 14.3 Å². The van der Waals surface area contributed by atoms with Crippen LogP contribution < -0.4 is 9.47 Å². The average molecular weight is 434 g/mol. The minimum atomic E-state index is -0.482. The Bertz CT molecular complexity index is 1070. The highest BCUT2D eigenvalue weighted by Crippen LogP contribution is 2.30. The van der Waals surface area contributed by atoms with Crippen molar-refractivity contribution in [2.75, 3.05) is 7.11 Å². The molecule has 0 N–H and O–H groups in total. The number of halogens is 1. The molecular formula is C23H16BrNO3. The first-order valence-corrected chi connectivity index (χ1v) is 9.23.